The molecule has 0 N–H and O–H groups in total. The van der Waals surface area contributed by atoms with Crippen LogP contribution < -0.4 is 5.56 Å². The van der Waals surface area contributed by atoms with Crippen molar-refractivity contribution < 1.29 is 23.9 Å². The number of carbonyl (C=O) groups is 3. The van der Waals surface area contributed by atoms with Crippen LogP contribution in [0.5, 0.6) is 0 Å². The van der Waals surface area contributed by atoms with Crippen LogP contribution in [0.25, 0.3) is 10.2 Å². The van der Waals surface area contributed by atoms with E-state index in [4.69, 9.17) is 21.1 Å². The van der Waals surface area contributed by atoms with Gasteiger partial charge in [0.25, 0.3) is 5.56 Å². The van der Waals surface area contributed by atoms with E-state index in [0.29, 0.717) is 43.8 Å². The number of nitrogens with zero attached hydrogens (tertiary/aromatic N) is 2. The number of fused-ring (bicyclic) bond motifs is 1. The lowest BCUT2D eigenvalue weighted by atomic mass is 10.1. The molecule has 0 saturated heterocycles. The van der Waals surface area contributed by atoms with E-state index in [0.717, 1.165) is 28.7 Å². The molecule has 35 heavy (non-hydrogen) atoms. The first-order chi connectivity index (χ1) is 16.7. The first kappa shape index (κ1) is 26.9. The van der Waals surface area contributed by atoms with Crippen LogP contribution in [0, 0.1) is 6.92 Å². The highest BCUT2D eigenvalue weighted by molar-refractivity contribution is 7.99. The highest BCUT2D eigenvalue weighted by Gasteiger charge is 2.23. The number of Topliss-reactive ketones (excluding diaryl/α,β-unsaturated/α-hetero) is 1. The van der Waals surface area contributed by atoms with Gasteiger partial charge in [0.2, 0.25) is 0 Å². The number of esters is 2. The first-order valence-corrected chi connectivity index (χ1v) is 13.2. The monoisotopic (exact) mass is 536 g/mol. The summed E-state index contributed by atoms with van der Waals surface area (Å²) in [7, 11) is 0. The number of halogens is 1. The maximum atomic E-state index is 13.5. The summed E-state index contributed by atoms with van der Waals surface area (Å²) in [4.78, 5) is 55.2. The molecule has 3 aromatic rings. The molecule has 8 nitrogen and oxygen atoms in total. The fourth-order valence-corrected chi connectivity index (χ4v) is 5.48. The average molecular weight is 537 g/mol. The summed E-state index contributed by atoms with van der Waals surface area (Å²) in [5.41, 5.74) is 1.20. The second-order valence-corrected chi connectivity index (χ2v) is 9.87. The Morgan fingerprint density at radius 1 is 1.11 bits per heavy atom. The van der Waals surface area contributed by atoms with Crippen LogP contribution in [-0.2, 0) is 32.0 Å². The molecule has 2 aromatic heterocycles. The zero-order valence-electron chi connectivity index (χ0n) is 19.6. The summed E-state index contributed by atoms with van der Waals surface area (Å²) in [6.45, 7) is 5.81. The Bertz CT molecular complexity index is 1300. The van der Waals surface area contributed by atoms with E-state index < -0.39 is 11.9 Å². The largest absolute Gasteiger partial charge is 0.466 e. The van der Waals surface area contributed by atoms with Gasteiger partial charge in [-0.15, -0.1) is 11.3 Å². The number of carbonyl (C=O) groups excluding carboxylic acids is 3. The molecular weight excluding hydrogens is 512 g/mol. The van der Waals surface area contributed by atoms with Crippen LogP contribution in [0.3, 0.4) is 0 Å². The topological polar surface area (TPSA) is 105 Å². The molecule has 0 fully saturated rings. The normalized spacial score (nSPS) is 11.0. The Morgan fingerprint density at radius 3 is 2.46 bits per heavy atom. The molecule has 3 rings (SSSR count). The average Bonchev–Trinajstić information content (AvgIpc) is 3.15. The lowest BCUT2D eigenvalue weighted by Crippen LogP contribution is -2.25. The van der Waals surface area contributed by atoms with Gasteiger partial charge in [-0.3, -0.25) is 19.0 Å². The molecule has 0 atom stereocenters. The van der Waals surface area contributed by atoms with Crippen molar-refractivity contribution in [3.63, 3.8) is 0 Å². The van der Waals surface area contributed by atoms with E-state index in [-0.39, 0.29) is 36.7 Å². The Morgan fingerprint density at radius 2 is 1.80 bits per heavy atom. The summed E-state index contributed by atoms with van der Waals surface area (Å²) in [6, 6.07) is 7.31. The van der Waals surface area contributed by atoms with Gasteiger partial charge in [-0.05, 0) is 50.5 Å². The van der Waals surface area contributed by atoms with Gasteiger partial charge in [0.1, 0.15) is 16.1 Å². The maximum absolute atomic E-state index is 13.5. The van der Waals surface area contributed by atoms with E-state index in [1.807, 2.05) is 12.1 Å². The van der Waals surface area contributed by atoms with Gasteiger partial charge < -0.3 is 9.47 Å². The van der Waals surface area contributed by atoms with Gasteiger partial charge >= 0.3 is 11.9 Å². The number of ketones is 1. The Balaban J connectivity index is 1.96. The predicted molar refractivity (Wildman–Crippen MR) is 137 cm³/mol. The Labute approximate surface area is 215 Å². The van der Waals surface area contributed by atoms with Gasteiger partial charge in [0, 0.05) is 11.6 Å². The smallest absolute Gasteiger partial charge is 0.348 e. The van der Waals surface area contributed by atoms with Crippen LogP contribution in [0.15, 0.2) is 34.2 Å². The van der Waals surface area contributed by atoms with Crippen LogP contribution in [0.4, 0.5) is 0 Å². The standard InChI is InChI=1S/C24H25ClN2O6S2/c1-4-32-18(29)12-17(28)13-34-24-26-21-19(14(3)20(35-21)23(31)33-5-2)22(30)27(24)11-10-15-6-8-16(25)9-7-15/h6-9H,4-5,10-13H2,1-3H3. The number of hydrogen-bond acceptors (Lipinski definition) is 9. The molecule has 0 radical (unpaired) electrons. The molecular formula is C24H25ClN2O6S2. The predicted octanol–water partition coefficient (Wildman–Crippen LogP) is 4.45. The summed E-state index contributed by atoms with van der Waals surface area (Å²) < 4.78 is 11.5. The highest BCUT2D eigenvalue weighted by Crippen LogP contribution is 2.30. The van der Waals surface area contributed by atoms with Crippen molar-refractivity contribution in [1.29, 1.82) is 0 Å². The minimum Gasteiger partial charge on any atom is -0.466 e. The molecule has 0 aliphatic heterocycles. The van der Waals surface area contributed by atoms with E-state index in [1.165, 1.54) is 4.57 Å². The SMILES string of the molecule is CCOC(=O)CC(=O)CSc1nc2sc(C(=O)OCC)c(C)c2c(=O)n1CCc1ccc(Cl)cc1. The number of ether oxygens (including phenoxy) is 2. The molecule has 0 amide bonds. The van der Waals surface area contributed by atoms with Crippen molar-refractivity contribution in [2.45, 2.75) is 45.3 Å². The fraction of sp³-hybridized carbons (Fsp3) is 0.375. The molecule has 0 aliphatic carbocycles. The third-order valence-electron chi connectivity index (χ3n) is 5.02. The molecule has 1 aromatic carbocycles. The van der Waals surface area contributed by atoms with Crippen molar-refractivity contribution in [2.75, 3.05) is 19.0 Å². The summed E-state index contributed by atoms with van der Waals surface area (Å²) in [5.74, 6) is -1.47. The van der Waals surface area contributed by atoms with Crippen molar-refractivity contribution >= 4 is 62.6 Å². The highest BCUT2D eigenvalue weighted by atomic mass is 35.5. The Hall–Kier alpha value is -2.69. The summed E-state index contributed by atoms with van der Waals surface area (Å²) in [6.07, 6.45) is 0.186. The molecule has 186 valence electrons. The molecule has 0 saturated carbocycles. The molecule has 2 heterocycles. The number of aryl methyl sites for hydroxylation is 2. The molecule has 0 aliphatic rings. The quantitative estimate of drug-likeness (QED) is 0.153. The minimum absolute atomic E-state index is 0.0488. The summed E-state index contributed by atoms with van der Waals surface area (Å²) in [5, 5.41) is 1.31. The zero-order chi connectivity index (χ0) is 25.5. The number of benzene rings is 1. The van der Waals surface area contributed by atoms with Gasteiger partial charge in [-0.2, -0.15) is 0 Å². The lowest BCUT2D eigenvalue weighted by Gasteiger charge is -2.12. The van der Waals surface area contributed by atoms with E-state index >= 15 is 0 Å². The number of thiophene rings is 1. The van der Waals surface area contributed by atoms with Crippen molar-refractivity contribution in [2.24, 2.45) is 0 Å². The van der Waals surface area contributed by atoms with E-state index in [2.05, 4.69) is 4.98 Å². The third kappa shape index (κ3) is 6.71. The van der Waals surface area contributed by atoms with E-state index in [1.54, 1.807) is 32.9 Å². The van der Waals surface area contributed by atoms with Gasteiger partial charge in [-0.1, -0.05) is 35.5 Å². The molecule has 0 bridgehead atoms. The zero-order valence-corrected chi connectivity index (χ0v) is 22.0. The van der Waals surface area contributed by atoms with Crippen molar-refractivity contribution in [3.8, 4) is 0 Å². The van der Waals surface area contributed by atoms with Gasteiger partial charge in [0.05, 0.1) is 24.4 Å². The third-order valence-corrected chi connectivity index (χ3v) is 7.48. The number of aromatic nitrogens is 2. The fourth-order valence-electron chi connectivity index (χ4n) is 3.36. The number of hydrogen-bond donors (Lipinski definition) is 0. The van der Waals surface area contributed by atoms with Gasteiger partial charge in [-0.25, -0.2) is 9.78 Å². The first-order valence-electron chi connectivity index (χ1n) is 11.0. The molecule has 0 unspecified atom stereocenters. The van der Waals surface area contributed by atoms with Crippen LogP contribution in [0.2, 0.25) is 5.02 Å². The van der Waals surface area contributed by atoms with Gasteiger partial charge in [0.15, 0.2) is 10.9 Å². The second kappa shape index (κ2) is 12.3. The molecule has 0 spiro atoms. The van der Waals surface area contributed by atoms with Crippen molar-refractivity contribution in [1.82, 2.24) is 9.55 Å². The van der Waals surface area contributed by atoms with Crippen LogP contribution in [-0.4, -0.2) is 46.2 Å². The maximum Gasteiger partial charge on any atom is 0.348 e. The number of thioether (sulfide) groups is 1. The summed E-state index contributed by atoms with van der Waals surface area (Å²) >= 11 is 8.14. The van der Waals surface area contributed by atoms with Crippen LogP contribution >= 0.6 is 34.7 Å². The molecule has 11 heteroatoms. The van der Waals surface area contributed by atoms with Crippen molar-refractivity contribution in [3.05, 3.63) is 55.6 Å². The lowest BCUT2D eigenvalue weighted by molar-refractivity contribution is -0.145. The number of rotatable bonds is 11. The van der Waals surface area contributed by atoms with E-state index in [9.17, 15) is 19.2 Å². The van der Waals surface area contributed by atoms with Crippen LogP contribution in [0.1, 0.15) is 41.1 Å². The second-order valence-electron chi connectivity index (χ2n) is 7.49. The Kier molecular flexibility index (Phi) is 9.47. The minimum atomic E-state index is -0.588.